The second-order valence-corrected chi connectivity index (χ2v) is 11.7. The molecule has 3 aliphatic heterocycles. The summed E-state index contributed by atoms with van der Waals surface area (Å²) >= 11 is 0. The second kappa shape index (κ2) is 8.96. The van der Waals surface area contributed by atoms with Crippen LogP contribution in [0.15, 0.2) is 17.2 Å². The predicted octanol–water partition coefficient (Wildman–Crippen LogP) is -0.156. The molecule has 0 saturated carbocycles. The van der Waals surface area contributed by atoms with Crippen LogP contribution in [0.3, 0.4) is 0 Å². The number of carbonyl (C=O) groups excluding carboxylic acids is 1. The number of hydrogen-bond donors (Lipinski definition) is 2. The molecule has 0 radical (unpaired) electrons. The summed E-state index contributed by atoms with van der Waals surface area (Å²) in [6.07, 6.45) is 1.20. The summed E-state index contributed by atoms with van der Waals surface area (Å²) in [5.74, 6) is -0.215. The van der Waals surface area contributed by atoms with Gasteiger partial charge >= 0.3 is 0 Å². The lowest BCUT2D eigenvalue weighted by molar-refractivity contribution is -0.120. The first kappa shape index (κ1) is 24.4. The molecule has 0 aliphatic carbocycles. The monoisotopic (exact) mass is 507 g/mol. The van der Waals surface area contributed by atoms with Gasteiger partial charge in [-0.05, 0) is 33.8 Å². The summed E-state index contributed by atoms with van der Waals surface area (Å²) in [7, 11) is -3.93. The maximum absolute atomic E-state index is 13.5. The third kappa shape index (κ3) is 4.51. The lowest BCUT2D eigenvalue weighted by Crippen LogP contribution is -2.65. The average molecular weight is 508 g/mol. The van der Waals surface area contributed by atoms with Crippen molar-refractivity contribution in [2.75, 3.05) is 50.9 Å². The molecule has 1 amide bonds. The van der Waals surface area contributed by atoms with Crippen LogP contribution < -0.4 is 14.9 Å². The van der Waals surface area contributed by atoms with Crippen LogP contribution in [0.4, 0.5) is 5.69 Å². The van der Waals surface area contributed by atoms with Crippen LogP contribution in [-0.2, 0) is 19.5 Å². The van der Waals surface area contributed by atoms with Gasteiger partial charge in [-0.3, -0.25) is 9.20 Å². The van der Waals surface area contributed by atoms with Crippen LogP contribution >= 0.6 is 0 Å². The minimum Gasteiger partial charge on any atom is -0.378 e. The quantitative estimate of drug-likeness (QED) is 0.567. The van der Waals surface area contributed by atoms with Gasteiger partial charge in [0.1, 0.15) is 4.90 Å². The lowest BCUT2D eigenvalue weighted by Gasteiger charge is -2.45. The molecule has 35 heavy (non-hydrogen) atoms. The molecule has 3 aliphatic rings. The Hall–Kier alpha value is -2.32. The van der Waals surface area contributed by atoms with Gasteiger partial charge in [0.15, 0.2) is 5.65 Å². The van der Waals surface area contributed by atoms with E-state index in [-0.39, 0.29) is 34.8 Å². The zero-order valence-corrected chi connectivity index (χ0v) is 21.3. The van der Waals surface area contributed by atoms with E-state index in [4.69, 9.17) is 9.47 Å². The number of piperazine rings is 1. The van der Waals surface area contributed by atoms with Crippen LogP contribution in [0.1, 0.15) is 38.3 Å². The summed E-state index contributed by atoms with van der Waals surface area (Å²) in [6, 6.07) is 2.02. The Morgan fingerprint density at radius 3 is 2.46 bits per heavy atom. The smallest absolute Gasteiger partial charge is 0.292 e. The molecule has 0 bridgehead atoms. The summed E-state index contributed by atoms with van der Waals surface area (Å²) < 4.78 is 42.2. The van der Waals surface area contributed by atoms with E-state index in [1.54, 1.807) is 11.0 Å². The standard InChI is InChI=1S/C22H33N7O5S/c1-14-10-28(11-15(2)23-14)18-9-17(35(31,32)26-22(4)13-34-16(22)3)12-29-19(18)24-25-20(29)21(30)27-5-7-33-8-6-27/h9,12,14-16,23,26H,5-8,10-11,13H2,1-4H3/t14-,15-,16?,22?/m0/s1. The van der Waals surface area contributed by atoms with E-state index < -0.39 is 15.6 Å². The molecule has 2 aromatic heterocycles. The van der Waals surface area contributed by atoms with Gasteiger partial charge in [-0.15, -0.1) is 10.2 Å². The number of sulfonamides is 1. The summed E-state index contributed by atoms with van der Waals surface area (Å²) in [4.78, 5) is 17.1. The highest BCUT2D eigenvalue weighted by atomic mass is 32.2. The molecular weight excluding hydrogens is 474 g/mol. The number of nitrogens with zero attached hydrogens (tertiary/aromatic N) is 5. The van der Waals surface area contributed by atoms with Crippen molar-refractivity contribution >= 4 is 27.3 Å². The van der Waals surface area contributed by atoms with Crippen LogP contribution in [0, 0.1) is 0 Å². The van der Waals surface area contributed by atoms with Gasteiger partial charge < -0.3 is 24.6 Å². The fraction of sp³-hybridized carbons (Fsp3) is 0.682. The second-order valence-electron chi connectivity index (χ2n) is 10.0. The van der Waals surface area contributed by atoms with Crippen LogP contribution in [0.25, 0.3) is 5.65 Å². The first-order valence-electron chi connectivity index (χ1n) is 12.0. The van der Waals surface area contributed by atoms with Gasteiger partial charge in [0.25, 0.3) is 5.91 Å². The molecular formula is C22H33N7O5S. The number of rotatable bonds is 5. The third-order valence-electron chi connectivity index (χ3n) is 7.06. The van der Waals surface area contributed by atoms with Crippen molar-refractivity contribution < 1.29 is 22.7 Å². The Labute approximate surface area is 205 Å². The first-order chi connectivity index (χ1) is 16.6. The number of amides is 1. The molecule has 13 heteroatoms. The Morgan fingerprint density at radius 2 is 1.86 bits per heavy atom. The van der Waals surface area contributed by atoms with Gasteiger partial charge in [0, 0.05) is 44.5 Å². The number of anilines is 1. The molecule has 2 N–H and O–H groups in total. The molecule has 192 valence electrons. The number of pyridine rings is 1. The SMILES string of the molecule is CC1OCC1(C)NS(=O)(=O)c1cc(N2C[C@H](C)N[C@@H](C)C2)c2nnc(C(=O)N3CCOCC3)n2c1. The summed E-state index contributed by atoms with van der Waals surface area (Å²) in [5.41, 5.74) is 0.379. The molecule has 0 spiro atoms. The number of ether oxygens (including phenoxy) is 2. The van der Waals surface area contributed by atoms with E-state index in [1.165, 1.54) is 10.6 Å². The number of aromatic nitrogens is 3. The fourth-order valence-corrected chi connectivity index (χ4v) is 6.35. The summed E-state index contributed by atoms with van der Waals surface area (Å²) in [6.45, 7) is 11.2. The average Bonchev–Trinajstić information content (AvgIpc) is 3.25. The summed E-state index contributed by atoms with van der Waals surface area (Å²) in [5, 5.41) is 12.0. The van der Waals surface area contributed by atoms with E-state index >= 15 is 0 Å². The van der Waals surface area contributed by atoms with Crippen LogP contribution in [-0.4, -0.2) is 104 Å². The molecule has 5 heterocycles. The van der Waals surface area contributed by atoms with Crippen molar-refractivity contribution in [2.45, 2.75) is 56.3 Å². The molecule has 2 unspecified atom stereocenters. The van der Waals surface area contributed by atoms with Gasteiger partial charge in [0.2, 0.25) is 15.8 Å². The molecule has 12 nitrogen and oxygen atoms in total. The molecule has 3 fully saturated rings. The van der Waals surface area contributed by atoms with E-state index in [9.17, 15) is 13.2 Å². The fourth-order valence-electron chi connectivity index (χ4n) is 4.89. The number of nitrogens with one attached hydrogen (secondary N) is 2. The minimum absolute atomic E-state index is 0.0509. The van der Waals surface area contributed by atoms with E-state index in [0.717, 1.165) is 0 Å². The predicted molar refractivity (Wildman–Crippen MR) is 128 cm³/mol. The first-order valence-corrected chi connectivity index (χ1v) is 13.5. The van der Waals surface area contributed by atoms with Crippen molar-refractivity contribution in [3.05, 3.63) is 18.1 Å². The maximum Gasteiger partial charge on any atom is 0.292 e. The zero-order valence-electron chi connectivity index (χ0n) is 20.5. The largest absolute Gasteiger partial charge is 0.378 e. The van der Waals surface area contributed by atoms with Gasteiger partial charge in [0.05, 0.1) is 37.2 Å². The van der Waals surface area contributed by atoms with E-state index in [0.29, 0.717) is 57.3 Å². The highest BCUT2D eigenvalue weighted by molar-refractivity contribution is 7.89. The maximum atomic E-state index is 13.5. The Kier molecular flexibility index (Phi) is 6.24. The Balaban J connectivity index is 1.60. The molecule has 4 atom stereocenters. The zero-order chi connectivity index (χ0) is 25.0. The number of fused-ring (bicyclic) bond motifs is 1. The lowest BCUT2D eigenvalue weighted by atomic mass is 9.93. The molecule has 0 aromatic carbocycles. The highest BCUT2D eigenvalue weighted by Crippen LogP contribution is 2.30. The number of hydrogen-bond acceptors (Lipinski definition) is 9. The van der Waals surface area contributed by atoms with Crippen molar-refractivity contribution in [1.82, 2.24) is 29.5 Å². The Morgan fingerprint density at radius 1 is 1.17 bits per heavy atom. The topological polar surface area (TPSA) is 130 Å². The van der Waals surface area contributed by atoms with E-state index in [1.807, 2.05) is 13.8 Å². The van der Waals surface area contributed by atoms with Gasteiger partial charge in [-0.25, -0.2) is 13.1 Å². The van der Waals surface area contributed by atoms with Crippen molar-refractivity contribution in [1.29, 1.82) is 0 Å². The number of morpholine rings is 1. The molecule has 5 rings (SSSR count). The van der Waals surface area contributed by atoms with Crippen LogP contribution in [0.2, 0.25) is 0 Å². The molecule has 3 saturated heterocycles. The van der Waals surface area contributed by atoms with Crippen molar-refractivity contribution in [3.8, 4) is 0 Å². The van der Waals surface area contributed by atoms with Crippen molar-refractivity contribution in [3.63, 3.8) is 0 Å². The minimum atomic E-state index is -3.93. The van der Waals surface area contributed by atoms with Crippen LogP contribution in [0.5, 0.6) is 0 Å². The number of carbonyl (C=O) groups is 1. The third-order valence-corrected chi connectivity index (χ3v) is 8.64. The Bertz CT molecular complexity index is 1220. The molecule has 2 aromatic rings. The van der Waals surface area contributed by atoms with Gasteiger partial charge in [-0.2, -0.15) is 0 Å². The highest BCUT2D eigenvalue weighted by Gasteiger charge is 2.45. The van der Waals surface area contributed by atoms with Gasteiger partial charge in [-0.1, -0.05) is 0 Å². The normalized spacial score (nSPS) is 29.9. The van der Waals surface area contributed by atoms with E-state index in [2.05, 4.69) is 39.0 Å². The van der Waals surface area contributed by atoms with Crippen molar-refractivity contribution in [2.24, 2.45) is 0 Å².